The van der Waals surface area contributed by atoms with E-state index in [9.17, 15) is 4.79 Å². The SMILES string of the molecule is CNCC(=O)N[C@@H]1CCCC[C@H]1O[Si](C)(C)C(C)(C)C. The predicted octanol–water partition coefficient (Wildman–Crippen LogP) is 2.65. The number of likely N-dealkylation sites (N-methyl/N-ethyl adjacent to an activating group) is 1. The Hall–Kier alpha value is -0.393. The zero-order chi connectivity index (χ0) is 15.4. The van der Waals surface area contributed by atoms with Gasteiger partial charge in [0.1, 0.15) is 0 Å². The molecule has 5 heteroatoms. The number of nitrogens with one attached hydrogen (secondary N) is 2. The van der Waals surface area contributed by atoms with Crippen molar-refractivity contribution in [2.24, 2.45) is 0 Å². The second kappa shape index (κ2) is 7.05. The molecule has 1 aliphatic carbocycles. The van der Waals surface area contributed by atoms with Crippen molar-refractivity contribution < 1.29 is 9.22 Å². The molecule has 0 spiro atoms. The van der Waals surface area contributed by atoms with Gasteiger partial charge in [-0.1, -0.05) is 33.6 Å². The van der Waals surface area contributed by atoms with Crippen molar-refractivity contribution in [2.45, 2.75) is 76.7 Å². The summed E-state index contributed by atoms with van der Waals surface area (Å²) in [7, 11) is 0.0251. The van der Waals surface area contributed by atoms with Crippen LogP contribution in [0, 0.1) is 0 Å². The molecule has 4 nitrogen and oxygen atoms in total. The van der Waals surface area contributed by atoms with Crippen molar-refractivity contribution in [3.63, 3.8) is 0 Å². The van der Waals surface area contributed by atoms with E-state index in [2.05, 4.69) is 44.5 Å². The Morgan fingerprint density at radius 2 is 1.85 bits per heavy atom. The topological polar surface area (TPSA) is 50.4 Å². The van der Waals surface area contributed by atoms with Crippen LogP contribution in [0.5, 0.6) is 0 Å². The molecule has 0 aromatic heterocycles. The minimum Gasteiger partial charge on any atom is -0.412 e. The van der Waals surface area contributed by atoms with Crippen LogP contribution in [-0.2, 0) is 9.22 Å². The van der Waals surface area contributed by atoms with E-state index < -0.39 is 8.32 Å². The van der Waals surface area contributed by atoms with E-state index >= 15 is 0 Å². The highest BCUT2D eigenvalue weighted by atomic mass is 28.4. The van der Waals surface area contributed by atoms with Gasteiger partial charge in [-0.2, -0.15) is 0 Å². The van der Waals surface area contributed by atoms with Crippen LogP contribution in [0.3, 0.4) is 0 Å². The fraction of sp³-hybridized carbons (Fsp3) is 0.933. The van der Waals surface area contributed by atoms with Gasteiger partial charge < -0.3 is 15.1 Å². The van der Waals surface area contributed by atoms with Crippen molar-refractivity contribution in [1.82, 2.24) is 10.6 Å². The second-order valence-corrected chi connectivity index (χ2v) is 12.2. The van der Waals surface area contributed by atoms with Crippen LogP contribution >= 0.6 is 0 Å². The van der Waals surface area contributed by atoms with Gasteiger partial charge in [-0.3, -0.25) is 4.79 Å². The third-order valence-corrected chi connectivity index (χ3v) is 9.14. The molecule has 1 rings (SSSR count). The number of carbonyl (C=O) groups excluding carboxylic acids is 1. The van der Waals surface area contributed by atoms with Crippen molar-refractivity contribution in [3.8, 4) is 0 Å². The lowest BCUT2D eigenvalue weighted by molar-refractivity contribution is -0.121. The molecule has 0 aliphatic heterocycles. The molecule has 0 radical (unpaired) electrons. The summed E-state index contributed by atoms with van der Waals surface area (Å²) in [5, 5.41) is 6.25. The summed E-state index contributed by atoms with van der Waals surface area (Å²) >= 11 is 0. The van der Waals surface area contributed by atoms with Crippen LogP contribution < -0.4 is 10.6 Å². The maximum absolute atomic E-state index is 11.8. The van der Waals surface area contributed by atoms with Gasteiger partial charge >= 0.3 is 0 Å². The van der Waals surface area contributed by atoms with Gasteiger partial charge in [0, 0.05) is 0 Å². The quantitative estimate of drug-likeness (QED) is 0.768. The molecular formula is C15H32N2O2Si. The normalized spacial score (nSPS) is 24.5. The van der Waals surface area contributed by atoms with Crippen LogP contribution in [0.25, 0.3) is 0 Å². The second-order valence-electron chi connectivity index (χ2n) is 7.41. The van der Waals surface area contributed by atoms with Gasteiger partial charge in [-0.15, -0.1) is 0 Å². The average molecular weight is 301 g/mol. The lowest BCUT2D eigenvalue weighted by Gasteiger charge is -2.43. The monoisotopic (exact) mass is 300 g/mol. The van der Waals surface area contributed by atoms with Gasteiger partial charge in [0.05, 0.1) is 18.7 Å². The molecule has 0 heterocycles. The maximum atomic E-state index is 11.8. The van der Waals surface area contributed by atoms with Crippen molar-refractivity contribution in [2.75, 3.05) is 13.6 Å². The first kappa shape index (κ1) is 17.7. The molecule has 2 N–H and O–H groups in total. The highest BCUT2D eigenvalue weighted by molar-refractivity contribution is 6.74. The molecule has 0 aromatic carbocycles. The average Bonchev–Trinajstić information content (AvgIpc) is 2.30. The molecule has 0 aromatic rings. The Labute approximate surface area is 125 Å². The van der Waals surface area contributed by atoms with Crippen LogP contribution in [0.1, 0.15) is 46.5 Å². The van der Waals surface area contributed by atoms with Crippen LogP contribution in [0.2, 0.25) is 18.1 Å². The first-order valence-corrected chi connectivity index (χ1v) is 10.7. The van der Waals surface area contributed by atoms with Gasteiger partial charge in [0.15, 0.2) is 8.32 Å². The zero-order valence-electron chi connectivity index (χ0n) is 14.0. The van der Waals surface area contributed by atoms with Crippen molar-refractivity contribution >= 4 is 14.2 Å². The fourth-order valence-corrected chi connectivity index (χ4v) is 3.77. The molecule has 118 valence electrons. The minimum atomic E-state index is -1.77. The molecule has 2 atom stereocenters. The first-order chi connectivity index (χ1) is 9.17. The van der Waals surface area contributed by atoms with Crippen LogP contribution in [0.4, 0.5) is 0 Å². The van der Waals surface area contributed by atoms with E-state index in [0.717, 1.165) is 12.8 Å². The standard InChI is InChI=1S/C15H32N2O2Si/c1-15(2,3)20(5,6)19-13-10-8-7-9-12(13)17-14(18)11-16-4/h12-13,16H,7-11H2,1-6H3,(H,17,18)/t12-,13-/m1/s1. The van der Waals surface area contributed by atoms with Gasteiger partial charge in [0.2, 0.25) is 5.91 Å². The molecule has 1 amide bonds. The molecule has 0 saturated heterocycles. The highest BCUT2D eigenvalue weighted by Gasteiger charge is 2.41. The number of carbonyl (C=O) groups is 1. The summed E-state index contributed by atoms with van der Waals surface area (Å²) in [6, 6.07) is 0.179. The third-order valence-electron chi connectivity index (χ3n) is 4.64. The van der Waals surface area contributed by atoms with Crippen LogP contribution in [-0.4, -0.2) is 40.0 Å². The van der Waals surface area contributed by atoms with Gasteiger partial charge in [-0.05, 0) is 38.0 Å². The lowest BCUT2D eigenvalue weighted by Crippen LogP contribution is -2.53. The van der Waals surface area contributed by atoms with E-state index in [1.807, 2.05) is 0 Å². The molecule has 1 saturated carbocycles. The molecule has 1 aliphatic rings. The molecular weight excluding hydrogens is 268 g/mol. The number of rotatable bonds is 5. The number of hydrogen-bond donors (Lipinski definition) is 2. The summed E-state index contributed by atoms with van der Waals surface area (Å²) in [4.78, 5) is 11.8. The van der Waals surface area contributed by atoms with E-state index in [4.69, 9.17) is 4.43 Å². The smallest absolute Gasteiger partial charge is 0.234 e. The molecule has 20 heavy (non-hydrogen) atoms. The van der Waals surface area contributed by atoms with E-state index in [-0.39, 0.29) is 23.1 Å². The third kappa shape index (κ3) is 4.86. The Morgan fingerprint density at radius 3 is 2.40 bits per heavy atom. The summed E-state index contributed by atoms with van der Waals surface area (Å²) in [6.07, 6.45) is 4.68. The first-order valence-electron chi connectivity index (χ1n) is 7.79. The van der Waals surface area contributed by atoms with Gasteiger partial charge in [-0.25, -0.2) is 0 Å². The van der Waals surface area contributed by atoms with Crippen LogP contribution in [0.15, 0.2) is 0 Å². The zero-order valence-corrected chi connectivity index (χ0v) is 15.0. The summed E-state index contributed by atoms with van der Waals surface area (Å²) in [6.45, 7) is 11.7. The maximum Gasteiger partial charge on any atom is 0.234 e. The summed E-state index contributed by atoms with van der Waals surface area (Å²) in [5.41, 5.74) is 0. The predicted molar refractivity (Wildman–Crippen MR) is 86.4 cm³/mol. The van der Waals surface area contributed by atoms with Gasteiger partial charge in [0.25, 0.3) is 0 Å². The Kier molecular flexibility index (Phi) is 6.22. The highest BCUT2D eigenvalue weighted by Crippen LogP contribution is 2.39. The lowest BCUT2D eigenvalue weighted by atomic mass is 9.92. The molecule has 0 bridgehead atoms. The Balaban J connectivity index is 2.67. The largest absolute Gasteiger partial charge is 0.412 e. The Bertz CT molecular complexity index is 326. The molecule has 1 fully saturated rings. The number of hydrogen-bond acceptors (Lipinski definition) is 3. The van der Waals surface area contributed by atoms with E-state index in [1.54, 1.807) is 7.05 Å². The fourth-order valence-electron chi connectivity index (χ4n) is 2.38. The molecule has 0 unspecified atom stereocenters. The summed E-state index contributed by atoms with van der Waals surface area (Å²) < 4.78 is 6.54. The Morgan fingerprint density at radius 1 is 1.25 bits per heavy atom. The minimum absolute atomic E-state index is 0.0724. The van der Waals surface area contributed by atoms with Crippen molar-refractivity contribution in [3.05, 3.63) is 0 Å². The number of amides is 1. The van der Waals surface area contributed by atoms with Crippen molar-refractivity contribution in [1.29, 1.82) is 0 Å². The summed E-state index contributed by atoms with van der Waals surface area (Å²) in [5.74, 6) is 0.0724. The van der Waals surface area contributed by atoms with E-state index in [0.29, 0.717) is 6.54 Å². The van der Waals surface area contributed by atoms with E-state index in [1.165, 1.54) is 12.8 Å².